The maximum absolute atomic E-state index is 5.71. The molecule has 0 saturated heterocycles. The van der Waals surface area contributed by atoms with Crippen molar-refractivity contribution >= 4 is 16.8 Å². The smallest absolute Gasteiger partial charge is 0.139 e. The van der Waals surface area contributed by atoms with Crippen molar-refractivity contribution in [1.82, 2.24) is 4.98 Å². The lowest BCUT2D eigenvalue weighted by atomic mass is 9.94. The van der Waals surface area contributed by atoms with Gasteiger partial charge in [0.1, 0.15) is 11.4 Å². The van der Waals surface area contributed by atoms with Crippen LogP contribution in [0.4, 0.5) is 5.82 Å². The van der Waals surface area contributed by atoms with Gasteiger partial charge in [-0.25, -0.2) is 4.98 Å². The minimum Gasteiger partial charge on any atom is -0.464 e. The molecule has 0 atom stereocenters. The predicted octanol–water partition coefficient (Wildman–Crippen LogP) is 3.32. The first kappa shape index (κ1) is 13.4. The first-order chi connectivity index (χ1) is 9.90. The Morgan fingerprint density at radius 2 is 2.10 bits per heavy atom. The molecule has 20 heavy (non-hydrogen) atoms. The van der Waals surface area contributed by atoms with Gasteiger partial charge in [-0.3, -0.25) is 0 Å². The topological polar surface area (TPSA) is 55.3 Å². The second-order valence-electron chi connectivity index (χ2n) is 5.59. The van der Waals surface area contributed by atoms with Gasteiger partial charge in [-0.2, -0.15) is 0 Å². The van der Waals surface area contributed by atoms with Crippen LogP contribution in [0.5, 0.6) is 0 Å². The summed E-state index contributed by atoms with van der Waals surface area (Å²) in [7, 11) is 0. The summed E-state index contributed by atoms with van der Waals surface area (Å²) < 4.78 is 5.51. The summed E-state index contributed by atoms with van der Waals surface area (Å²) in [5.41, 5.74) is 6.63. The molecule has 2 N–H and O–H groups in total. The number of rotatable bonds is 5. The summed E-state index contributed by atoms with van der Waals surface area (Å²) in [6.07, 6.45) is 11.1. The zero-order valence-corrected chi connectivity index (χ0v) is 11.9. The Balaban J connectivity index is 1.92. The summed E-state index contributed by atoms with van der Waals surface area (Å²) in [6.45, 7) is 1.71. The van der Waals surface area contributed by atoms with E-state index in [1.54, 1.807) is 6.26 Å². The Morgan fingerprint density at radius 1 is 1.25 bits per heavy atom. The number of pyridine rings is 1. The predicted molar refractivity (Wildman–Crippen MR) is 81.9 cm³/mol. The van der Waals surface area contributed by atoms with Crippen molar-refractivity contribution in [3.05, 3.63) is 24.6 Å². The van der Waals surface area contributed by atoms with Gasteiger partial charge in [-0.05, 0) is 37.9 Å². The molecule has 1 aliphatic carbocycles. The Labute approximate surface area is 120 Å². The number of nitrogens with two attached hydrogens (primary N) is 1. The number of hydrogen-bond acceptors (Lipinski definition) is 4. The summed E-state index contributed by atoms with van der Waals surface area (Å²) in [5.74, 6) is 1.07. The lowest BCUT2D eigenvalue weighted by Gasteiger charge is -2.35. The quantitative estimate of drug-likeness (QED) is 0.908. The standard InChI is InChI=1S/C16H23N3O/c17-9-4-11-19(13-5-2-1-3-6-13)16-14-8-12-20-15(14)7-10-18-16/h7-8,10,12-13H,1-6,9,11,17H2. The molecule has 2 aromatic heterocycles. The molecule has 0 bridgehead atoms. The van der Waals surface area contributed by atoms with Crippen molar-refractivity contribution in [2.45, 2.75) is 44.6 Å². The molecule has 0 radical (unpaired) electrons. The zero-order valence-electron chi connectivity index (χ0n) is 11.9. The fourth-order valence-electron chi connectivity index (χ4n) is 3.22. The molecule has 1 saturated carbocycles. The largest absolute Gasteiger partial charge is 0.464 e. The Kier molecular flexibility index (Phi) is 4.21. The first-order valence-corrected chi connectivity index (χ1v) is 7.69. The lowest BCUT2D eigenvalue weighted by Crippen LogP contribution is -2.39. The van der Waals surface area contributed by atoms with E-state index in [4.69, 9.17) is 10.2 Å². The van der Waals surface area contributed by atoms with Crippen LogP contribution in [0.1, 0.15) is 38.5 Å². The van der Waals surface area contributed by atoms with Gasteiger partial charge >= 0.3 is 0 Å². The third-order valence-corrected chi connectivity index (χ3v) is 4.25. The molecule has 4 heteroatoms. The number of anilines is 1. The van der Waals surface area contributed by atoms with Gasteiger partial charge in [0.25, 0.3) is 0 Å². The fraction of sp³-hybridized carbons (Fsp3) is 0.562. The minimum absolute atomic E-state index is 0.600. The highest BCUT2D eigenvalue weighted by atomic mass is 16.3. The number of furan rings is 1. The first-order valence-electron chi connectivity index (χ1n) is 7.69. The number of aromatic nitrogens is 1. The molecule has 2 heterocycles. The van der Waals surface area contributed by atoms with Crippen LogP contribution in [0.3, 0.4) is 0 Å². The van der Waals surface area contributed by atoms with Crippen molar-refractivity contribution in [2.75, 3.05) is 18.0 Å². The summed E-state index contributed by atoms with van der Waals surface area (Å²) in [4.78, 5) is 7.09. The number of hydrogen-bond donors (Lipinski definition) is 1. The van der Waals surface area contributed by atoms with Crippen LogP contribution in [0, 0.1) is 0 Å². The second kappa shape index (κ2) is 6.27. The molecule has 0 unspecified atom stereocenters. The second-order valence-corrected chi connectivity index (χ2v) is 5.59. The van der Waals surface area contributed by atoms with Gasteiger partial charge in [-0.1, -0.05) is 19.3 Å². The van der Waals surface area contributed by atoms with Gasteiger partial charge < -0.3 is 15.1 Å². The van der Waals surface area contributed by atoms with E-state index >= 15 is 0 Å². The van der Waals surface area contributed by atoms with E-state index in [1.165, 1.54) is 32.1 Å². The van der Waals surface area contributed by atoms with Crippen LogP contribution >= 0.6 is 0 Å². The molecular weight excluding hydrogens is 250 g/mol. The van der Waals surface area contributed by atoms with E-state index in [0.29, 0.717) is 6.04 Å². The highest BCUT2D eigenvalue weighted by molar-refractivity contribution is 5.88. The van der Waals surface area contributed by atoms with Gasteiger partial charge in [0.2, 0.25) is 0 Å². The highest BCUT2D eigenvalue weighted by Crippen LogP contribution is 2.31. The molecule has 108 valence electrons. The molecule has 2 aromatic rings. The van der Waals surface area contributed by atoms with Crippen LogP contribution in [-0.4, -0.2) is 24.1 Å². The molecule has 0 spiro atoms. The third-order valence-electron chi connectivity index (χ3n) is 4.25. The SMILES string of the molecule is NCCCN(c1nccc2occc12)C1CCCCC1. The van der Waals surface area contributed by atoms with E-state index in [9.17, 15) is 0 Å². The van der Waals surface area contributed by atoms with E-state index in [2.05, 4.69) is 9.88 Å². The monoisotopic (exact) mass is 273 g/mol. The summed E-state index contributed by atoms with van der Waals surface area (Å²) in [6, 6.07) is 4.56. The molecule has 3 rings (SSSR count). The van der Waals surface area contributed by atoms with Crippen LogP contribution in [-0.2, 0) is 0 Å². The Hall–Kier alpha value is -1.55. The average molecular weight is 273 g/mol. The molecule has 4 nitrogen and oxygen atoms in total. The molecule has 0 amide bonds. The van der Waals surface area contributed by atoms with Crippen LogP contribution < -0.4 is 10.6 Å². The molecular formula is C16H23N3O. The molecule has 0 aliphatic heterocycles. The molecule has 1 aliphatic rings. The van der Waals surface area contributed by atoms with E-state index in [1.807, 2.05) is 18.3 Å². The zero-order chi connectivity index (χ0) is 13.8. The Morgan fingerprint density at radius 3 is 2.90 bits per heavy atom. The van der Waals surface area contributed by atoms with Crippen LogP contribution in [0.15, 0.2) is 29.0 Å². The van der Waals surface area contributed by atoms with E-state index in [0.717, 1.165) is 36.3 Å². The number of fused-ring (bicyclic) bond motifs is 1. The van der Waals surface area contributed by atoms with Gasteiger partial charge in [0, 0.05) is 18.8 Å². The van der Waals surface area contributed by atoms with Crippen LogP contribution in [0.2, 0.25) is 0 Å². The third kappa shape index (κ3) is 2.66. The molecule has 0 aromatic carbocycles. The van der Waals surface area contributed by atoms with E-state index < -0.39 is 0 Å². The van der Waals surface area contributed by atoms with Crippen molar-refractivity contribution in [1.29, 1.82) is 0 Å². The van der Waals surface area contributed by atoms with Gasteiger partial charge in [-0.15, -0.1) is 0 Å². The van der Waals surface area contributed by atoms with Crippen LogP contribution in [0.25, 0.3) is 11.0 Å². The number of nitrogens with zero attached hydrogens (tertiary/aromatic N) is 2. The maximum Gasteiger partial charge on any atom is 0.139 e. The maximum atomic E-state index is 5.71. The lowest BCUT2D eigenvalue weighted by molar-refractivity contribution is 0.411. The summed E-state index contributed by atoms with van der Waals surface area (Å²) in [5, 5.41) is 1.12. The van der Waals surface area contributed by atoms with Crippen molar-refractivity contribution in [3.8, 4) is 0 Å². The summed E-state index contributed by atoms with van der Waals surface area (Å²) >= 11 is 0. The molecule has 1 fully saturated rings. The average Bonchev–Trinajstić information content (AvgIpc) is 2.98. The van der Waals surface area contributed by atoms with Gasteiger partial charge in [0.15, 0.2) is 0 Å². The van der Waals surface area contributed by atoms with Crippen molar-refractivity contribution < 1.29 is 4.42 Å². The van der Waals surface area contributed by atoms with Gasteiger partial charge in [0.05, 0.1) is 11.6 Å². The normalized spacial score (nSPS) is 16.6. The van der Waals surface area contributed by atoms with E-state index in [-0.39, 0.29) is 0 Å². The minimum atomic E-state index is 0.600. The van der Waals surface area contributed by atoms with Crippen molar-refractivity contribution in [2.24, 2.45) is 5.73 Å². The fourth-order valence-corrected chi connectivity index (χ4v) is 3.22. The van der Waals surface area contributed by atoms with Crippen molar-refractivity contribution in [3.63, 3.8) is 0 Å². The Bertz CT molecular complexity index is 545. The highest BCUT2D eigenvalue weighted by Gasteiger charge is 2.23.